The van der Waals surface area contributed by atoms with Gasteiger partial charge < -0.3 is 9.47 Å². The van der Waals surface area contributed by atoms with Crippen LogP contribution in [0, 0.1) is 17.5 Å². The third-order valence-electron chi connectivity index (χ3n) is 9.94. The van der Waals surface area contributed by atoms with Crippen LogP contribution in [0.15, 0.2) is 109 Å². The van der Waals surface area contributed by atoms with E-state index in [0.717, 1.165) is 61.3 Å². The number of aryl methyl sites for hydroxylation is 1. The van der Waals surface area contributed by atoms with Crippen molar-refractivity contribution in [1.82, 2.24) is 0 Å². The van der Waals surface area contributed by atoms with Crippen molar-refractivity contribution in [2.24, 2.45) is 0 Å². The molecule has 0 aliphatic rings. The zero-order valence-electron chi connectivity index (χ0n) is 31.4. The summed E-state index contributed by atoms with van der Waals surface area (Å²) in [7, 11) is 0. The molecule has 0 fully saturated rings. The molecular formula is C48H55F3O2. The Morgan fingerprint density at radius 3 is 1.21 bits per heavy atom. The molecule has 0 aliphatic heterocycles. The Balaban J connectivity index is 0.891. The topological polar surface area (TPSA) is 18.5 Å². The quantitative estimate of drug-likeness (QED) is 0.0626. The average Bonchev–Trinajstić information content (AvgIpc) is 3.19. The van der Waals surface area contributed by atoms with Gasteiger partial charge in [-0.25, -0.2) is 13.2 Å². The smallest absolute Gasteiger partial charge is 0.167 e. The third kappa shape index (κ3) is 12.8. The number of hydrogen-bond donors (Lipinski definition) is 0. The zero-order valence-corrected chi connectivity index (χ0v) is 31.4. The Labute approximate surface area is 315 Å². The predicted molar refractivity (Wildman–Crippen MR) is 214 cm³/mol. The molecule has 0 saturated heterocycles. The molecule has 0 amide bonds. The van der Waals surface area contributed by atoms with Crippen LogP contribution in [0.4, 0.5) is 13.2 Å². The highest BCUT2D eigenvalue weighted by Gasteiger charge is 2.16. The molecule has 0 aliphatic carbocycles. The van der Waals surface area contributed by atoms with Crippen molar-refractivity contribution in [2.75, 3.05) is 13.2 Å². The van der Waals surface area contributed by atoms with Crippen molar-refractivity contribution >= 4 is 0 Å². The fraction of sp³-hybridized carbons (Fsp3) is 0.375. The molecule has 0 atom stereocenters. The number of hydrogen-bond acceptors (Lipinski definition) is 2. The lowest BCUT2D eigenvalue weighted by Crippen LogP contribution is -1.98. The third-order valence-corrected chi connectivity index (χ3v) is 9.94. The van der Waals surface area contributed by atoms with Crippen LogP contribution in [0.25, 0.3) is 33.4 Å². The maximum atomic E-state index is 15.2. The molecule has 0 saturated carbocycles. The molecule has 280 valence electrons. The first-order valence-electron chi connectivity index (χ1n) is 19.8. The second-order valence-corrected chi connectivity index (χ2v) is 14.1. The molecule has 0 radical (unpaired) electrons. The normalized spacial score (nSPS) is 11.2. The van der Waals surface area contributed by atoms with E-state index in [1.54, 1.807) is 36.4 Å². The van der Waals surface area contributed by atoms with Gasteiger partial charge in [-0.05, 0) is 89.9 Å². The lowest BCUT2D eigenvalue weighted by molar-refractivity contribution is 0.303. The van der Waals surface area contributed by atoms with Crippen LogP contribution in [0.2, 0.25) is 0 Å². The van der Waals surface area contributed by atoms with Crippen molar-refractivity contribution in [3.05, 3.63) is 132 Å². The largest absolute Gasteiger partial charge is 0.494 e. The van der Waals surface area contributed by atoms with Gasteiger partial charge in [-0.1, -0.05) is 150 Å². The Bertz CT molecular complexity index is 1770. The Morgan fingerprint density at radius 2 is 0.755 bits per heavy atom. The maximum Gasteiger partial charge on any atom is 0.167 e. The first kappa shape index (κ1) is 39.7. The number of rotatable bonds is 23. The minimum absolute atomic E-state index is 0.225. The van der Waals surface area contributed by atoms with Gasteiger partial charge in [0, 0.05) is 11.1 Å². The van der Waals surface area contributed by atoms with Gasteiger partial charge in [0.25, 0.3) is 0 Å². The highest BCUT2D eigenvalue weighted by Crippen LogP contribution is 2.33. The van der Waals surface area contributed by atoms with Gasteiger partial charge >= 0.3 is 0 Å². The lowest BCUT2D eigenvalue weighted by Gasteiger charge is -2.11. The molecule has 0 unspecified atom stereocenters. The molecule has 53 heavy (non-hydrogen) atoms. The molecule has 5 aromatic carbocycles. The average molecular weight is 721 g/mol. The first-order chi connectivity index (χ1) is 26.0. The number of ether oxygens (including phenoxy) is 2. The van der Waals surface area contributed by atoms with E-state index < -0.39 is 11.6 Å². The van der Waals surface area contributed by atoms with E-state index in [9.17, 15) is 4.39 Å². The molecular weight excluding hydrogens is 666 g/mol. The van der Waals surface area contributed by atoms with Gasteiger partial charge in [0.05, 0.1) is 13.2 Å². The molecule has 5 heteroatoms. The monoisotopic (exact) mass is 720 g/mol. The summed E-state index contributed by atoms with van der Waals surface area (Å²) in [6.45, 7) is 3.58. The van der Waals surface area contributed by atoms with E-state index >= 15 is 8.78 Å². The minimum atomic E-state index is -0.825. The Morgan fingerprint density at radius 1 is 0.377 bits per heavy atom. The summed E-state index contributed by atoms with van der Waals surface area (Å²) in [5, 5.41) is 0. The first-order valence-corrected chi connectivity index (χ1v) is 19.8. The summed E-state index contributed by atoms with van der Waals surface area (Å²) in [5.41, 5.74) is 5.12. The highest BCUT2D eigenvalue weighted by atomic mass is 19.2. The summed E-state index contributed by atoms with van der Waals surface area (Å²) < 4.78 is 55.4. The highest BCUT2D eigenvalue weighted by molar-refractivity contribution is 5.72. The predicted octanol–water partition coefficient (Wildman–Crippen LogP) is 14.6. The molecule has 5 aromatic rings. The summed E-state index contributed by atoms with van der Waals surface area (Å²) in [6.07, 6.45) is 17.7. The van der Waals surface area contributed by atoms with Crippen LogP contribution < -0.4 is 9.47 Å². The standard InChI is InChI=1S/C48H55F3O2/c1-2-3-4-13-16-37-17-19-40(20-18-37)45-33-34-46(48(51)47(45)50)41-25-31-44(32-26-41)53-36-15-12-10-8-6-5-7-9-11-14-35-52-43-29-23-39(24-30-43)38-21-27-42(49)28-22-38/h17-34H,2-16,35-36H2,1H3. The van der Waals surface area contributed by atoms with Crippen LogP contribution in [-0.4, -0.2) is 13.2 Å². The van der Waals surface area contributed by atoms with Crippen LogP contribution in [0.1, 0.15) is 102 Å². The molecule has 2 nitrogen and oxygen atoms in total. The van der Waals surface area contributed by atoms with E-state index in [0.29, 0.717) is 17.7 Å². The van der Waals surface area contributed by atoms with Gasteiger partial charge in [0.15, 0.2) is 11.6 Å². The van der Waals surface area contributed by atoms with E-state index in [2.05, 4.69) is 6.92 Å². The second-order valence-electron chi connectivity index (χ2n) is 14.1. The fourth-order valence-electron chi connectivity index (χ4n) is 6.72. The van der Waals surface area contributed by atoms with E-state index in [4.69, 9.17) is 9.47 Å². The zero-order chi connectivity index (χ0) is 37.1. The van der Waals surface area contributed by atoms with Gasteiger partial charge in [0.1, 0.15) is 17.3 Å². The van der Waals surface area contributed by atoms with E-state index in [1.807, 2.05) is 60.7 Å². The number of unbranched alkanes of at least 4 members (excludes halogenated alkanes) is 12. The van der Waals surface area contributed by atoms with Gasteiger partial charge in [0.2, 0.25) is 0 Å². The molecule has 5 rings (SSSR count). The minimum Gasteiger partial charge on any atom is -0.494 e. The second kappa shape index (κ2) is 21.9. The van der Waals surface area contributed by atoms with Crippen LogP contribution in [0.5, 0.6) is 11.5 Å². The van der Waals surface area contributed by atoms with Crippen molar-refractivity contribution in [1.29, 1.82) is 0 Å². The molecule has 0 N–H and O–H groups in total. The summed E-state index contributed by atoms with van der Waals surface area (Å²) in [5.74, 6) is -0.252. The van der Waals surface area contributed by atoms with Gasteiger partial charge in [-0.15, -0.1) is 0 Å². The lowest BCUT2D eigenvalue weighted by atomic mass is 9.97. The molecule has 0 bridgehead atoms. The Kier molecular flexibility index (Phi) is 16.4. The van der Waals surface area contributed by atoms with Crippen LogP contribution in [-0.2, 0) is 6.42 Å². The number of halogens is 3. The molecule has 0 heterocycles. The van der Waals surface area contributed by atoms with Gasteiger partial charge in [-0.3, -0.25) is 0 Å². The summed E-state index contributed by atoms with van der Waals surface area (Å²) in [4.78, 5) is 0. The fourth-order valence-corrected chi connectivity index (χ4v) is 6.72. The van der Waals surface area contributed by atoms with E-state index in [-0.39, 0.29) is 16.9 Å². The van der Waals surface area contributed by atoms with Crippen molar-refractivity contribution in [3.8, 4) is 44.9 Å². The molecule has 0 spiro atoms. The molecule has 0 aromatic heterocycles. The SMILES string of the molecule is CCCCCCc1ccc(-c2ccc(-c3ccc(OCCCCCCCCCCCCOc4ccc(-c5ccc(F)cc5)cc4)cc3)c(F)c2F)cc1. The van der Waals surface area contributed by atoms with Crippen molar-refractivity contribution in [3.63, 3.8) is 0 Å². The van der Waals surface area contributed by atoms with Crippen LogP contribution >= 0.6 is 0 Å². The van der Waals surface area contributed by atoms with Crippen molar-refractivity contribution in [2.45, 2.75) is 103 Å². The van der Waals surface area contributed by atoms with Crippen LogP contribution in [0.3, 0.4) is 0 Å². The van der Waals surface area contributed by atoms with E-state index in [1.165, 1.54) is 81.9 Å². The maximum absolute atomic E-state index is 15.2. The van der Waals surface area contributed by atoms with Gasteiger partial charge in [-0.2, -0.15) is 0 Å². The number of benzene rings is 5. The Hall–Kier alpha value is -4.51. The van der Waals surface area contributed by atoms with Crippen molar-refractivity contribution < 1.29 is 22.6 Å². The summed E-state index contributed by atoms with van der Waals surface area (Å²) >= 11 is 0. The summed E-state index contributed by atoms with van der Waals surface area (Å²) in [6, 6.07) is 32.9.